The van der Waals surface area contributed by atoms with Crippen molar-refractivity contribution in [3.63, 3.8) is 0 Å². The van der Waals surface area contributed by atoms with Crippen LogP contribution >= 0.6 is 0 Å². The minimum atomic E-state index is -0.538. The van der Waals surface area contributed by atoms with Gasteiger partial charge in [0.1, 0.15) is 16.9 Å². The Morgan fingerprint density at radius 3 is 2.94 bits per heavy atom. The lowest BCUT2D eigenvalue weighted by Crippen LogP contribution is -2.44. The van der Waals surface area contributed by atoms with Crippen LogP contribution in [0.25, 0.3) is 11.0 Å². The van der Waals surface area contributed by atoms with Gasteiger partial charge in [-0.05, 0) is 38.0 Å². The molecule has 2 unspecified atom stereocenters. The molecular weight excluding hydrogens is 424 g/mol. The molecule has 11 nitrogen and oxygen atoms in total. The number of hydrogen-bond acceptors (Lipinski definition) is 10. The van der Waals surface area contributed by atoms with Gasteiger partial charge in [-0.3, -0.25) is 4.68 Å². The summed E-state index contributed by atoms with van der Waals surface area (Å²) < 4.78 is 12.2. The van der Waals surface area contributed by atoms with Crippen molar-refractivity contribution in [2.75, 3.05) is 43.6 Å². The van der Waals surface area contributed by atoms with Crippen LogP contribution in [0, 0.1) is 6.92 Å². The molecule has 3 aromatic rings. The number of rotatable bonds is 8. The van der Waals surface area contributed by atoms with Crippen molar-refractivity contribution in [3.05, 3.63) is 29.6 Å². The van der Waals surface area contributed by atoms with Crippen LogP contribution in [0.5, 0.6) is 0 Å². The second-order valence-corrected chi connectivity index (χ2v) is 8.32. The smallest absolute Gasteiger partial charge is 0.360 e. The lowest BCUT2D eigenvalue weighted by Gasteiger charge is -2.27. The summed E-state index contributed by atoms with van der Waals surface area (Å²) in [5.41, 5.74) is 2.30. The third kappa shape index (κ3) is 4.09. The van der Waals surface area contributed by atoms with Gasteiger partial charge in [0, 0.05) is 38.0 Å². The fourth-order valence-electron chi connectivity index (χ4n) is 4.51. The molecule has 2 fully saturated rings. The maximum Gasteiger partial charge on any atom is 0.360 e. The van der Waals surface area contributed by atoms with E-state index in [9.17, 15) is 4.79 Å². The van der Waals surface area contributed by atoms with Gasteiger partial charge in [0.25, 0.3) is 0 Å². The van der Waals surface area contributed by atoms with E-state index < -0.39 is 5.97 Å². The Morgan fingerprint density at radius 2 is 2.24 bits per heavy atom. The quantitative estimate of drug-likeness (QED) is 0.386. The van der Waals surface area contributed by atoms with Crippen LogP contribution in [0.2, 0.25) is 0 Å². The van der Waals surface area contributed by atoms with E-state index in [2.05, 4.69) is 25.6 Å². The zero-order valence-electron chi connectivity index (χ0n) is 19.0. The van der Waals surface area contributed by atoms with Gasteiger partial charge in [0.15, 0.2) is 11.5 Å². The molecule has 2 bridgehead atoms. The Labute approximate surface area is 191 Å². The van der Waals surface area contributed by atoms with Crippen molar-refractivity contribution < 1.29 is 14.3 Å². The summed E-state index contributed by atoms with van der Waals surface area (Å²) in [6.45, 7) is 7.14. The molecule has 2 N–H and O–H groups in total. The topological polar surface area (TPSA) is 119 Å². The number of carbonyl (C=O) groups is 1. The van der Waals surface area contributed by atoms with Gasteiger partial charge in [-0.15, -0.1) is 0 Å². The van der Waals surface area contributed by atoms with Crippen molar-refractivity contribution in [1.82, 2.24) is 30.0 Å². The second kappa shape index (κ2) is 8.91. The van der Waals surface area contributed by atoms with Gasteiger partial charge in [-0.25, -0.2) is 14.8 Å². The predicted octanol–water partition coefficient (Wildman–Crippen LogP) is 1.65. The number of carbonyl (C=O) groups excluding carboxylic acids is 1. The van der Waals surface area contributed by atoms with Crippen LogP contribution in [-0.2, 0) is 16.0 Å². The molecule has 5 rings (SSSR count). The molecule has 0 saturated carbocycles. The Balaban J connectivity index is 1.65. The van der Waals surface area contributed by atoms with E-state index in [-0.39, 0.29) is 5.69 Å². The van der Waals surface area contributed by atoms with E-state index in [4.69, 9.17) is 19.4 Å². The molecule has 0 aliphatic carbocycles. The minimum Gasteiger partial charge on any atom is -0.464 e. The molecule has 33 heavy (non-hydrogen) atoms. The molecule has 11 heteroatoms. The monoisotopic (exact) mass is 452 g/mol. The molecule has 2 aliphatic rings. The molecule has 174 valence electrons. The summed E-state index contributed by atoms with van der Waals surface area (Å²) in [6.07, 6.45) is 2.80. The summed E-state index contributed by atoms with van der Waals surface area (Å²) in [4.78, 5) is 28.9. The molecule has 2 saturated heterocycles. The number of esters is 1. The van der Waals surface area contributed by atoms with E-state index >= 15 is 0 Å². The first-order valence-electron chi connectivity index (χ1n) is 11.2. The summed E-state index contributed by atoms with van der Waals surface area (Å²) in [5, 5.41) is 11.4. The van der Waals surface area contributed by atoms with E-state index in [1.165, 1.54) is 7.11 Å². The molecule has 5 heterocycles. The summed E-state index contributed by atoms with van der Waals surface area (Å²) in [7, 11) is 1.34. The molecule has 2 aliphatic heterocycles. The zero-order chi connectivity index (χ0) is 22.9. The normalized spacial score (nSPS) is 19.4. The number of piperazine rings is 1. The van der Waals surface area contributed by atoms with Gasteiger partial charge >= 0.3 is 5.97 Å². The molecule has 0 amide bonds. The Kier molecular flexibility index (Phi) is 5.81. The highest BCUT2D eigenvalue weighted by Crippen LogP contribution is 2.33. The largest absolute Gasteiger partial charge is 0.464 e. The third-order valence-corrected chi connectivity index (χ3v) is 6.08. The average Bonchev–Trinajstić information content (AvgIpc) is 3.53. The van der Waals surface area contributed by atoms with Crippen molar-refractivity contribution in [2.45, 2.75) is 38.9 Å². The third-order valence-electron chi connectivity index (χ3n) is 6.08. The van der Waals surface area contributed by atoms with Gasteiger partial charge < -0.3 is 25.0 Å². The number of fused-ring (bicyclic) bond motifs is 3. The fourth-order valence-corrected chi connectivity index (χ4v) is 4.51. The minimum absolute atomic E-state index is 0.162. The van der Waals surface area contributed by atoms with E-state index in [0.29, 0.717) is 60.5 Å². The van der Waals surface area contributed by atoms with Crippen LogP contribution in [0.4, 0.5) is 17.6 Å². The van der Waals surface area contributed by atoms with Crippen molar-refractivity contribution in [3.8, 4) is 0 Å². The SMILES string of the molecule is CCOCCn1nc(C(=O)OC)c2nc(N3CC4CC3CN4)nc(Nc3cc(C)ccn3)c21. The van der Waals surface area contributed by atoms with Crippen LogP contribution < -0.4 is 15.5 Å². The van der Waals surface area contributed by atoms with Gasteiger partial charge in [-0.2, -0.15) is 10.1 Å². The second-order valence-electron chi connectivity index (χ2n) is 8.32. The molecule has 3 aromatic heterocycles. The lowest BCUT2D eigenvalue weighted by molar-refractivity contribution is 0.0594. The van der Waals surface area contributed by atoms with Crippen molar-refractivity contribution in [1.29, 1.82) is 0 Å². The highest BCUT2D eigenvalue weighted by atomic mass is 16.5. The van der Waals surface area contributed by atoms with Crippen LogP contribution in [0.15, 0.2) is 18.3 Å². The summed E-state index contributed by atoms with van der Waals surface area (Å²) in [6, 6.07) is 4.63. The molecule has 0 spiro atoms. The highest BCUT2D eigenvalue weighted by Gasteiger charge is 2.39. The summed E-state index contributed by atoms with van der Waals surface area (Å²) in [5.74, 6) is 1.23. The van der Waals surface area contributed by atoms with E-state index in [0.717, 1.165) is 25.1 Å². The maximum atomic E-state index is 12.6. The van der Waals surface area contributed by atoms with E-state index in [1.807, 2.05) is 26.0 Å². The number of ether oxygens (including phenoxy) is 2. The highest BCUT2D eigenvalue weighted by molar-refractivity contribution is 6.03. The maximum absolute atomic E-state index is 12.6. The molecule has 0 radical (unpaired) electrons. The van der Waals surface area contributed by atoms with Gasteiger partial charge in [0.05, 0.1) is 20.3 Å². The van der Waals surface area contributed by atoms with Gasteiger partial charge in [0.2, 0.25) is 5.95 Å². The van der Waals surface area contributed by atoms with Crippen molar-refractivity contribution >= 4 is 34.6 Å². The number of hydrogen-bond donors (Lipinski definition) is 2. The molecule has 0 aromatic carbocycles. The summed E-state index contributed by atoms with van der Waals surface area (Å²) >= 11 is 0. The van der Waals surface area contributed by atoms with E-state index in [1.54, 1.807) is 10.9 Å². The predicted molar refractivity (Wildman–Crippen MR) is 123 cm³/mol. The van der Waals surface area contributed by atoms with Crippen LogP contribution in [0.3, 0.4) is 0 Å². The number of methoxy groups -OCH3 is 1. The Bertz CT molecular complexity index is 1180. The standard InChI is InChI=1S/C22H28N8O3/c1-4-33-8-7-30-19-17(18(28-30)21(31)32-3)26-22(29-12-14-10-15(29)11-24-14)27-20(19)25-16-9-13(2)5-6-23-16/h5-6,9,14-15,24H,4,7-8,10-12H2,1-3H3,(H,23,25,26,27). The van der Waals surface area contributed by atoms with Crippen LogP contribution in [-0.4, -0.2) is 76.2 Å². The number of nitrogens with zero attached hydrogens (tertiary/aromatic N) is 6. The number of aryl methyl sites for hydroxylation is 1. The number of anilines is 3. The number of aromatic nitrogens is 5. The number of pyridine rings is 1. The van der Waals surface area contributed by atoms with Crippen molar-refractivity contribution in [2.24, 2.45) is 0 Å². The molecule has 2 atom stereocenters. The fraction of sp³-hybridized carbons (Fsp3) is 0.500. The number of nitrogens with one attached hydrogen (secondary N) is 2. The Hall–Kier alpha value is -3.31. The van der Waals surface area contributed by atoms with Gasteiger partial charge in [-0.1, -0.05) is 0 Å². The first-order valence-corrected chi connectivity index (χ1v) is 11.2. The molecular formula is C22H28N8O3. The zero-order valence-corrected chi connectivity index (χ0v) is 19.0. The first kappa shape index (κ1) is 21.5. The lowest BCUT2D eigenvalue weighted by atomic mass is 10.2. The Morgan fingerprint density at radius 1 is 1.36 bits per heavy atom. The first-order chi connectivity index (χ1) is 16.1. The average molecular weight is 453 g/mol. The van der Waals surface area contributed by atoms with Crippen LogP contribution in [0.1, 0.15) is 29.4 Å².